The Morgan fingerprint density at radius 1 is 1.53 bits per heavy atom. The van der Waals surface area contributed by atoms with Crippen LogP contribution in [0.25, 0.3) is 10.4 Å². The van der Waals surface area contributed by atoms with Gasteiger partial charge in [-0.3, -0.25) is 0 Å². The highest BCUT2D eigenvalue weighted by molar-refractivity contribution is 4.67. The number of nitrogens with zero attached hydrogens (tertiary/aromatic N) is 4. The Morgan fingerprint density at radius 2 is 2.40 bits per heavy atom. The highest BCUT2D eigenvalue weighted by atomic mass is 16.5. The zero-order chi connectivity index (χ0) is 10.9. The third-order valence-electron chi connectivity index (χ3n) is 2.65. The van der Waals surface area contributed by atoms with Crippen LogP contribution >= 0.6 is 0 Å². The lowest BCUT2D eigenvalue weighted by atomic mass is 10.1. The fraction of sp³-hybridized carbons (Fsp3) is 1.00. The van der Waals surface area contributed by atoms with Crippen molar-refractivity contribution in [2.24, 2.45) is 5.11 Å². The summed E-state index contributed by atoms with van der Waals surface area (Å²) in [6.45, 7) is 3.47. The predicted octanol–water partition coefficient (Wildman–Crippen LogP) is 2.19. The first kappa shape index (κ1) is 12.3. The molecule has 15 heavy (non-hydrogen) atoms. The molecule has 86 valence electrons. The molecule has 1 unspecified atom stereocenters. The van der Waals surface area contributed by atoms with E-state index in [0.717, 1.165) is 26.1 Å². The molecule has 1 saturated heterocycles. The maximum Gasteiger partial charge on any atom is 0.0701 e. The molecular formula is C10H20N4O. The van der Waals surface area contributed by atoms with Gasteiger partial charge in [-0.05, 0) is 44.8 Å². The number of ether oxygens (including phenoxy) is 1. The van der Waals surface area contributed by atoms with Crippen molar-refractivity contribution in [3.05, 3.63) is 10.4 Å². The van der Waals surface area contributed by atoms with Crippen LogP contribution in [0, 0.1) is 0 Å². The van der Waals surface area contributed by atoms with Crippen LogP contribution in [-0.4, -0.2) is 44.3 Å². The van der Waals surface area contributed by atoms with Gasteiger partial charge in [-0.2, -0.15) is 0 Å². The largest absolute Gasteiger partial charge is 0.377 e. The number of rotatable bonds is 6. The first-order valence-corrected chi connectivity index (χ1v) is 5.64. The van der Waals surface area contributed by atoms with Crippen LogP contribution in [0.15, 0.2) is 5.11 Å². The molecule has 0 aromatic heterocycles. The highest BCUT2D eigenvalue weighted by Gasteiger charge is 2.15. The first-order valence-electron chi connectivity index (χ1n) is 5.64. The fourth-order valence-electron chi connectivity index (χ4n) is 1.85. The van der Waals surface area contributed by atoms with Crippen molar-refractivity contribution >= 4 is 0 Å². The smallest absolute Gasteiger partial charge is 0.0701 e. The summed E-state index contributed by atoms with van der Waals surface area (Å²) in [6, 6.07) is 0. The van der Waals surface area contributed by atoms with Crippen molar-refractivity contribution in [1.29, 1.82) is 0 Å². The van der Waals surface area contributed by atoms with Crippen molar-refractivity contribution in [2.45, 2.75) is 31.8 Å². The second kappa shape index (κ2) is 7.51. The highest BCUT2D eigenvalue weighted by Crippen LogP contribution is 2.13. The molecule has 0 saturated carbocycles. The molecule has 1 fully saturated rings. The zero-order valence-corrected chi connectivity index (χ0v) is 9.43. The van der Waals surface area contributed by atoms with Crippen LogP contribution in [-0.2, 0) is 4.74 Å². The third-order valence-corrected chi connectivity index (χ3v) is 2.65. The van der Waals surface area contributed by atoms with Gasteiger partial charge in [0, 0.05) is 24.6 Å². The second-order valence-electron chi connectivity index (χ2n) is 4.06. The van der Waals surface area contributed by atoms with E-state index in [0.29, 0.717) is 12.6 Å². The summed E-state index contributed by atoms with van der Waals surface area (Å²) < 4.78 is 5.65. The molecule has 1 rings (SSSR count). The van der Waals surface area contributed by atoms with Crippen LogP contribution in [0.2, 0.25) is 0 Å². The summed E-state index contributed by atoms with van der Waals surface area (Å²) in [7, 11) is 2.09. The molecule has 0 bridgehead atoms. The zero-order valence-electron chi connectivity index (χ0n) is 9.43. The predicted molar refractivity (Wildman–Crippen MR) is 59.7 cm³/mol. The van der Waals surface area contributed by atoms with E-state index in [2.05, 4.69) is 22.0 Å². The van der Waals surface area contributed by atoms with Crippen LogP contribution < -0.4 is 0 Å². The molecule has 1 aliphatic heterocycles. The Labute approximate surface area is 91.0 Å². The summed E-state index contributed by atoms with van der Waals surface area (Å²) in [5.74, 6) is 0. The molecule has 0 radical (unpaired) electrons. The van der Waals surface area contributed by atoms with Crippen LogP contribution in [0.1, 0.15) is 25.7 Å². The normalized spacial score (nSPS) is 21.3. The summed E-state index contributed by atoms with van der Waals surface area (Å²) in [6.07, 6.45) is 5.01. The minimum Gasteiger partial charge on any atom is -0.377 e. The molecule has 0 N–H and O–H groups in total. The van der Waals surface area contributed by atoms with Crippen LogP contribution in [0.4, 0.5) is 0 Å². The molecule has 1 aliphatic rings. The molecule has 0 amide bonds. The van der Waals surface area contributed by atoms with Crippen LogP contribution in [0.3, 0.4) is 0 Å². The van der Waals surface area contributed by atoms with E-state index in [1.165, 1.54) is 19.3 Å². The van der Waals surface area contributed by atoms with Gasteiger partial charge in [-0.15, -0.1) is 0 Å². The maximum absolute atomic E-state index is 8.12. The van der Waals surface area contributed by atoms with Gasteiger partial charge in [0.1, 0.15) is 0 Å². The van der Waals surface area contributed by atoms with Gasteiger partial charge in [-0.25, -0.2) is 0 Å². The van der Waals surface area contributed by atoms with Crippen molar-refractivity contribution < 1.29 is 4.74 Å². The standard InChI is InChI=1S/C10H20N4O/c1-14(7-4-6-12-13-11)9-10-5-2-3-8-15-10/h10H,2-9H2,1H3. The van der Waals surface area contributed by atoms with E-state index in [4.69, 9.17) is 10.3 Å². The molecular weight excluding hydrogens is 192 g/mol. The van der Waals surface area contributed by atoms with Gasteiger partial charge in [0.2, 0.25) is 0 Å². The van der Waals surface area contributed by atoms with E-state index in [1.54, 1.807) is 0 Å². The number of hydrogen-bond acceptors (Lipinski definition) is 3. The molecule has 0 spiro atoms. The van der Waals surface area contributed by atoms with Crippen LogP contribution in [0.5, 0.6) is 0 Å². The Balaban J connectivity index is 2.06. The lowest BCUT2D eigenvalue weighted by Gasteiger charge is -2.27. The summed E-state index contributed by atoms with van der Waals surface area (Å²) in [5, 5.41) is 3.51. The number of hydrogen-bond donors (Lipinski definition) is 0. The third kappa shape index (κ3) is 5.62. The van der Waals surface area contributed by atoms with Gasteiger partial charge in [0.15, 0.2) is 0 Å². The lowest BCUT2D eigenvalue weighted by Crippen LogP contribution is -2.34. The van der Waals surface area contributed by atoms with E-state index >= 15 is 0 Å². The topological polar surface area (TPSA) is 61.2 Å². The maximum atomic E-state index is 8.12. The average molecular weight is 212 g/mol. The Bertz CT molecular complexity index is 209. The Kier molecular flexibility index (Phi) is 6.16. The molecule has 0 aliphatic carbocycles. The van der Waals surface area contributed by atoms with E-state index in [1.807, 2.05) is 0 Å². The second-order valence-corrected chi connectivity index (χ2v) is 4.06. The SMILES string of the molecule is CN(CCCN=[N+]=[N-])CC1CCCCO1. The lowest BCUT2D eigenvalue weighted by molar-refractivity contribution is -0.00145. The van der Waals surface area contributed by atoms with Crippen molar-refractivity contribution in [3.8, 4) is 0 Å². The van der Waals surface area contributed by atoms with Crippen molar-refractivity contribution in [1.82, 2.24) is 4.90 Å². The summed E-state index contributed by atoms with van der Waals surface area (Å²) >= 11 is 0. The van der Waals surface area contributed by atoms with Gasteiger partial charge >= 0.3 is 0 Å². The van der Waals surface area contributed by atoms with E-state index < -0.39 is 0 Å². The Hall–Kier alpha value is -0.770. The number of likely N-dealkylation sites (N-methyl/N-ethyl adjacent to an activating group) is 1. The quantitative estimate of drug-likeness (QED) is 0.293. The summed E-state index contributed by atoms with van der Waals surface area (Å²) in [5.41, 5.74) is 8.12. The number of azide groups is 1. The molecule has 1 atom stereocenters. The first-order chi connectivity index (χ1) is 7.33. The molecule has 5 heteroatoms. The van der Waals surface area contributed by atoms with Gasteiger partial charge in [0.05, 0.1) is 6.10 Å². The van der Waals surface area contributed by atoms with Crippen molar-refractivity contribution in [2.75, 3.05) is 33.3 Å². The van der Waals surface area contributed by atoms with Gasteiger partial charge < -0.3 is 9.64 Å². The van der Waals surface area contributed by atoms with Gasteiger partial charge in [0.25, 0.3) is 0 Å². The van der Waals surface area contributed by atoms with Gasteiger partial charge in [-0.1, -0.05) is 5.11 Å². The molecule has 1 heterocycles. The molecule has 0 aromatic rings. The average Bonchev–Trinajstić information content (AvgIpc) is 2.26. The Morgan fingerprint density at radius 3 is 3.07 bits per heavy atom. The summed E-state index contributed by atoms with van der Waals surface area (Å²) in [4.78, 5) is 4.98. The van der Waals surface area contributed by atoms with Crippen molar-refractivity contribution in [3.63, 3.8) is 0 Å². The fourth-order valence-corrected chi connectivity index (χ4v) is 1.85. The van der Waals surface area contributed by atoms with E-state index in [-0.39, 0.29) is 0 Å². The van der Waals surface area contributed by atoms with E-state index in [9.17, 15) is 0 Å². The molecule has 0 aromatic carbocycles. The minimum absolute atomic E-state index is 0.406. The molecule has 5 nitrogen and oxygen atoms in total. The monoisotopic (exact) mass is 212 g/mol. The minimum atomic E-state index is 0.406.